The highest BCUT2D eigenvalue weighted by atomic mass is 16.2. The molecule has 0 aliphatic carbocycles. The molecule has 0 saturated heterocycles. The van der Waals surface area contributed by atoms with Crippen LogP contribution < -0.4 is 10.2 Å². The number of fused-ring (bicyclic) bond motifs is 1. The summed E-state index contributed by atoms with van der Waals surface area (Å²) < 4.78 is 0. The number of nitrogens with one attached hydrogen (secondary N) is 1. The maximum Gasteiger partial charge on any atom is 0.262 e. The predicted molar refractivity (Wildman–Crippen MR) is 86.8 cm³/mol. The van der Waals surface area contributed by atoms with Crippen molar-refractivity contribution in [3.8, 4) is 0 Å². The summed E-state index contributed by atoms with van der Waals surface area (Å²) in [5.41, 5.74) is 3.35. The molecule has 0 atom stereocenters. The van der Waals surface area contributed by atoms with Crippen LogP contribution in [-0.4, -0.2) is 11.6 Å². The van der Waals surface area contributed by atoms with Gasteiger partial charge in [0.15, 0.2) is 0 Å². The van der Waals surface area contributed by atoms with E-state index in [1.807, 2.05) is 55.1 Å². The normalized spacial score (nSPS) is 16.3. The molecule has 0 spiro atoms. The van der Waals surface area contributed by atoms with Crippen molar-refractivity contribution in [2.24, 2.45) is 0 Å². The van der Waals surface area contributed by atoms with Crippen molar-refractivity contribution in [3.05, 3.63) is 59.7 Å². The zero-order valence-corrected chi connectivity index (χ0v) is 12.7. The SMILES string of the molecule is CCc1ccc(N2C(=O)c3ccccc3NC2(C)C)cc1. The highest BCUT2D eigenvalue weighted by Gasteiger charge is 2.38. The molecule has 1 aliphatic rings. The van der Waals surface area contributed by atoms with Crippen molar-refractivity contribution in [3.63, 3.8) is 0 Å². The molecule has 0 aromatic heterocycles. The Kier molecular flexibility index (Phi) is 3.20. The minimum Gasteiger partial charge on any atom is -0.362 e. The Morgan fingerprint density at radius 1 is 1.05 bits per heavy atom. The van der Waals surface area contributed by atoms with Crippen LogP contribution >= 0.6 is 0 Å². The number of amides is 1. The second kappa shape index (κ2) is 4.92. The molecule has 3 nitrogen and oxygen atoms in total. The molecule has 0 unspecified atom stereocenters. The van der Waals surface area contributed by atoms with Crippen LogP contribution in [0, 0.1) is 0 Å². The average Bonchev–Trinajstić information content (AvgIpc) is 2.47. The molecule has 0 fully saturated rings. The van der Waals surface area contributed by atoms with E-state index in [-0.39, 0.29) is 5.91 Å². The van der Waals surface area contributed by atoms with Crippen molar-refractivity contribution in [1.29, 1.82) is 0 Å². The second-order valence-electron chi connectivity index (χ2n) is 5.89. The van der Waals surface area contributed by atoms with Crippen LogP contribution in [0.25, 0.3) is 0 Å². The van der Waals surface area contributed by atoms with Crippen molar-refractivity contribution < 1.29 is 4.79 Å². The molecular formula is C18H20N2O. The fourth-order valence-electron chi connectivity index (χ4n) is 2.86. The first-order valence-electron chi connectivity index (χ1n) is 7.33. The summed E-state index contributed by atoms with van der Waals surface area (Å²) in [6, 6.07) is 15.9. The summed E-state index contributed by atoms with van der Waals surface area (Å²) in [5, 5.41) is 3.45. The van der Waals surface area contributed by atoms with Gasteiger partial charge in [-0.3, -0.25) is 9.69 Å². The third kappa shape index (κ3) is 2.29. The molecule has 0 radical (unpaired) electrons. The average molecular weight is 280 g/mol. The van der Waals surface area contributed by atoms with Crippen LogP contribution in [0.1, 0.15) is 36.7 Å². The molecule has 1 aliphatic heterocycles. The first-order chi connectivity index (χ1) is 10.0. The summed E-state index contributed by atoms with van der Waals surface area (Å²) in [6.45, 7) is 6.17. The maximum atomic E-state index is 12.9. The third-order valence-electron chi connectivity index (χ3n) is 3.96. The number of rotatable bonds is 2. The molecule has 0 saturated carbocycles. The Labute approximate surface area is 125 Å². The molecule has 1 N–H and O–H groups in total. The smallest absolute Gasteiger partial charge is 0.262 e. The number of hydrogen-bond acceptors (Lipinski definition) is 2. The lowest BCUT2D eigenvalue weighted by atomic mass is 10.0. The van der Waals surface area contributed by atoms with Gasteiger partial charge < -0.3 is 5.32 Å². The van der Waals surface area contributed by atoms with Gasteiger partial charge in [0.25, 0.3) is 5.91 Å². The molecule has 108 valence electrons. The van der Waals surface area contributed by atoms with E-state index in [0.717, 1.165) is 23.4 Å². The number of hydrogen-bond donors (Lipinski definition) is 1. The number of aryl methyl sites for hydroxylation is 1. The van der Waals surface area contributed by atoms with E-state index in [1.54, 1.807) is 0 Å². The van der Waals surface area contributed by atoms with E-state index < -0.39 is 5.66 Å². The lowest BCUT2D eigenvalue weighted by molar-refractivity contribution is 0.0961. The fourth-order valence-corrected chi connectivity index (χ4v) is 2.86. The first kappa shape index (κ1) is 13.7. The van der Waals surface area contributed by atoms with Gasteiger partial charge in [-0.15, -0.1) is 0 Å². The van der Waals surface area contributed by atoms with E-state index in [4.69, 9.17) is 0 Å². The van der Waals surface area contributed by atoms with Gasteiger partial charge in [-0.25, -0.2) is 0 Å². The summed E-state index contributed by atoms with van der Waals surface area (Å²) in [4.78, 5) is 14.7. The monoisotopic (exact) mass is 280 g/mol. The largest absolute Gasteiger partial charge is 0.362 e. The summed E-state index contributed by atoms with van der Waals surface area (Å²) in [5.74, 6) is 0.0404. The third-order valence-corrected chi connectivity index (χ3v) is 3.96. The van der Waals surface area contributed by atoms with E-state index in [0.29, 0.717) is 0 Å². The van der Waals surface area contributed by atoms with Crippen LogP contribution in [0.15, 0.2) is 48.5 Å². The molecule has 1 amide bonds. The van der Waals surface area contributed by atoms with Gasteiger partial charge in [-0.1, -0.05) is 31.2 Å². The number of benzene rings is 2. The van der Waals surface area contributed by atoms with E-state index in [9.17, 15) is 4.79 Å². The lowest BCUT2D eigenvalue weighted by Crippen LogP contribution is -2.56. The Bertz CT molecular complexity index is 674. The van der Waals surface area contributed by atoms with E-state index in [2.05, 4.69) is 24.4 Å². The van der Waals surface area contributed by atoms with Crippen molar-refractivity contribution >= 4 is 17.3 Å². The number of anilines is 2. The van der Waals surface area contributed by atoms with Crippen LogP contribution in [0.2, 0.25) is 0 Å². The zero-order chi connectivity index (χ0) is 15.0. The molecule has 2 aromatic rings. The summed E-state index contributed by atoms with van der Waals surface area (Å²) in [6.07, 6.45) is 0.999. The summed E-state index contributed by atoms with van der Waals surface area (Å²) in [7, 11) is 0. The minimum absolute atomic E-state index is 0.0404. The van der Waals surface area contributed by atoms with Gasteiger partial charge in [-0.2, -0.15) is 0 Å². The number of carbonyl (C=O) groups excluding carboxylic acids is 1. The molecule has 3 rings (SSSR count). The molecule has 0 bridgehead atoms. The topological polar surface area (TPSA) is 32.3 Å². The molecular weight excluding hydrogens is 260 g/mol. The molecule has 21 heavy (non-hydrogen) atoms. The van der Waals surface area contributed by atoms with Gasteiger partial charge in [0, 0.05) is 11.4 Å². The quantitative estimate of drug-likeness (QED) is 0.899. The van der Waals surface area contributed by atoms with E-state index >= 15 is 0 Å². The molecule has 3 heteroatoms. The van der Waals surface area contributed by atoms with Crippen molar-refractivity contribution in [2.45, 2.75) is 32.9 Å². The number of nitrogens with zero attached hydrogens (tertiary/aromatic N) is 1. The lowest BCUT2D eigenvalue weighted by Gasteiger charge is -2.44. The van der Waals surface area contributed by atoms with Gasteiger partial charge >= 0.3 is 0 Å². The number of para-hydroxylation sites is 1. The van der Waals surface area contributed by atoms with E-state index in [1.165, 1.54) is 5.56 Å². The van der Waals surface area contributed by atoms with Crippen molar-refractivity contribution in [1.82, 2.24) is 0 Å². The molecule has 2 aromatic carbocycles. The van der Waals surface area contributed by atoms with Gasteiger partial charge in [0.05, 0.1) is 5.56 Å². The zero-order valence-electron chi connectivity index (χ0n) is 12.7. The summed E-state index contributed by atoms with van der Waals surface area (Å²) >= 11 is 0. The van der Waals surface area contributed by atoms with Gasteiger partial charge in [0.1, 0.15) is 5.66 Å². The molecule has 1 heterocycles. The van der Waals surface area contributed by atoms with Crippen molar-refractivity contribution in [2.75, 3.05) is 10.2 Å². The minimum atomic E-state index is -0.459. The Morgan fingerprint density at radius 2 is 1.71 bits per heavy atom. The highest BCUT2D eigenvalue weighted by Crippen LogP contribution is 2.34. The van der Waals surface area contributed by atoms with Crippen LogP contribution in [0.3, 0.4) is 0 Å². The van der Waals surface area contributed by atoms with Crippen LogP contribution in [0.4, 0.5) is 11.4 Å². The Morgan fingerprint density at radius 3 is 2.38 bits per heavy atom. The fraction of sp³-hybridized carbons (Fsp3) is 0.278. The van der Waals surface area contributed by atoms with Gasteiger partial charge in [0.2, 0.25) is 0 Å². The highest BCUT2D eigenvalue weighted by molar-refractivity contribution is 6.12. The predicted octanol–water partition coefficient (Wildman–Crippen LogP) is 4.06. The second-order valence-corrected chi connectivity index (χ2v) is 5.89. The van der Waals surface area contributed by atoms with Gasteiger partial charge in [-0.05, 0) is 50.1 Å². The first-order valence-corrected chi connectivity index (χ1v) is 7.33. The Balaban J connectivity index is 2.06. The van der Waals surface area contributed by atoms with Crippen LogP contribution in [0.5, 0.6) is 0 Å². The maximum absolute atomic E-state index is 12.9. The van der Waals surface area contributed by atoms with Crippen LogP contribution in [-0.2, 0) is 6.42 Å². The standard InChI is InChI=1S/C18H20N2O/c1-4-13-9-11-14(12-10-13)20-17(21)15-7-5-6-8-16(15)19-18(20,2)3/h5-12,19H,4H2,1-3H3. The number of carbonyl (C=O) groups is 1. The Hall–Kier alpha value is -2.29.